The van der Waals surface area contributed by atoms with Gasteiger partial charge >= 0.3 is 0 Å². The molecular formula is C15H21N3O6. The standard InChI is InChI=1S/C15H21N3O6/c1-23-13-3-2-11(18(21)22)8-12(13)17-14(20)4-6-16-15(9-19)5-7-24-10-15/h2-3,8,16,19H,4-7,9-10H2,1H3,(H,17,20). The number of aliphatic hydroxyl groups excluding tert-OH is 1. The van der Waals surface area contributed by atoms with Crippen LogP contribution in [-0.2, 0) is 9.53 Å². The van der Waals surface area contributed by atoms with E-state index in [1.807, 2.05) is 0 Å². The number of anilines is 1. The fraction of sp³-hybridized carbons (Fsp3) is 0.533. The molecule has 1 amide bonds. The second-order valence-corrected chi connectivity index (χ2v) is 5.61. The van der Waals surface area contributed by atoms with Crippen LogP contribution in [0.3, 0.4) is 0 Å². The predicted molar refractivity (Wildman–Crippen MR) is 86.2 cm³/mol. The number of amides is 1. The first-order valence-corrected chi connectivity index (χ1v) is 7.55. The molecule has 1 aromatic carbocycles. The van der Waals surface area contributed by atoms with E-state index in [4.69, 9.17) is 9.47 Å². The van der Waals surface area contributed by atoms with Crippen molar-refractivity contribution in [3.05, 3.63) is 28.3 Å². The van der Waals surface area contributed by atoms with E-state index in [0.717, 1.165) is 0 Å². The van der Waals surface area contributed by atoms with Crippen LogP contribution in [0, 0.1) is 10.1 Å². The van der Waals surface area contributed by atoms with E-state index >= 15 is 0 Å². The van der Waals surface area contributed by atoms with Gasteiger partial charge < -0.3 is 25.2 Å². The van der Waals surface area contributed by atoms with Crippen molar-refractivity contribution in [2.24, 2.45) is 0 Å². The fourth-order valence-electron chi connectivity index (χ4n) is 2.49. The Balaban J connectivity index is 1.92. The van der Waals surface area contributed by atoms with Crippen LogP contribution in [0.1, 0.15) is 12.8 Å². The van der Waals surface area contributed by atoms with Gasteiger partial charge in [-0.1, -0.05) is 0 Å². The van der Waals surface area contributed by atoms with Gasteiger partial charge in [-0.2, -0.15) is 0 Å². The van der Waals surface area contributed by atoms with Crippen LogP contribution < -0.4 is 15.4 Å². The monoisotopic (exact) mass is 339 g/mol. The lowest BCUT2D eigenvalue weighted by atomic mass is 10.00. The van der Waals surface area contributed by atoms with Crippen LogP contribution in [0.2, 0.25) is 0 Å². The van der Waals surface area contributed by atoms with Crippen molar-refractivity contribution in [1.29, 1.82) is 0 Å². The van der Waals surface area contributed by atoms with Gasteiger partial charge in [-0.05, 0) is 12.5 Å². The lowest BCUT2D eigenvalue weighted by Gasteiger charge is -2.26. The van der Waals surface area contributed by atoms with Crippen molar-refractivity contribution in [3.63, 3.8) is 0 Å². The van der Waals surface area contributed by atoms with Crippen molar-refractivity contribution in [3.8, 4) is 5.75 Å². The van der Waals surface area contributed by atoms with Crippen molar-refractivity contribution in [1.82, 2.24) is 5.32 Å². The number of nitrogens with zero attached hydrogens (tertiary/aromatic N) is 1. The zero-order valence-corrected chi connectivity index (χ0v) is 13.4. The molecule has 1 saturated heterocycles. The second-order valence-electron chi connectivity index (χ2n) is 5.61. The smallest absolute Gasteiger partial charge is 0.271 e. The van der Waals surface area contributed by atoms with Gasteiger partial charge in [0.15, 0.2) is 0 Å². The first kappa shape index (κ1) is 18.1. The van der Waals surface area contributed by atoms with Crippen LogP contribution in [0.15, 0.2) is 18.2 Å². The van der Waals surface area contributed by atoms with Crippen LogP contribution in [0.25, 0.3) is 0 Å². The number of carbonyl (C=O) groups excluding carboxylic acids is 1. The lowest BCUT2D eigenvalue weighted by molar-refractivity contribution is -0.384. The van der Waals surface area contributed by atoms with E-state index in [-0.39, 0.29) is 30.3 Å². The topological polar surface area (TPSA) is 123 Å². The molecule has 1 fully saturated rings. The Morgan fingerprint density at radius 3 is 2.92 bits per heavy atom. The minimum Gasteiger partial charge on any atom is -0.495 e. The molecule has 9 heteroatoms. The predicted octanol–water partition coefficient (Wildman–Crippen LogP) is 0.673. The fourth-order valence-corrected chi connectivity index (χ4v) is 2.49. The maximum absolute atomic E-state index is 12.1. The Labute approximate surface area is 139 Å². The van der Waals surface area contributed by atoms with Crippen LogP contribution >= 0.6 is 0 Å². The number of rotatable bonds is 8. The highest BCUT2D eigenvalue weighted by molar-refractivity contribution is 5.92. The molecule has 2 rings (SSSR count). The number of hydrogen-bond acceptors (Lipinski definition) is 7. The minimum atomic E-state index is -0.540. The summed E-state index contributed by atoms with van der Waals surface area (Å²) in [4.78, 5) is 22.4. The normalized spacial score (nSPS) is 19.9. The Morgan fingerprint density at radius 2 is 2.33 bits per heavy atom. The van der Waals surface area contributed by atoms with E-state index in [0.29, 0.717) is 31.9 Å². The highest BCUT2D eigenvalue weighted by Crippen LogP contribution is 2.28. The average molecular weight is 339 g/mol. The second kappa shape index (κ2) is 8.04. The van der Waals surface area contributed by atoms with Gasteiger partial charge in [-0.3, -0.25) is 14.9 Å². The van der Waals surface area contributed by atoms with Gasteiger partial charge in [-0.15, -0.1) is 0 Å². The largest absolute Gasteiger partial charge is 0.495 e. The molecule has 132 valence electrons. The minimum absolute atomic E-state index is 0.0622. The molecule has 1 atom stereocenters. The summed E-state index contributed by atoms with van der Waals surface area (Å²) in [5.74, 6) is 0.0335. The van der Waals surface area contributed by atoms with Crippen molar-refractivity contribution < 1.29 is 24.3 Å². The number of ether oxygens (including phenoxy) is 2. The number of carbonyl (C=O) groups is 1. The van der Waals surface area contributed by atoms with Gasteiger partial charge in [0, 0.05) is 31.7 Å². The van der Waals surface area contributed by atoms with Gasteiger partial charge in [-0.25, -0.2) is 0 Å². The molecule has 1 aliphatic heterocycles. The van der Waals surface area contributed by atoms with Crippen LogP contribution in [0.5, 0.6) is 5.75 Å². The Kier molecular flexibility index (Phi) is 6.07. The van der Waals surface area contributed by atoms with Gasteiger partial charge in [0.1, 0.15) is 5.75 Å². The first-order valence-electron chi connectivity index (χ1n) is 7.55. The molecule has 0 bridgehead atoms. The first-order chi connectivity index (χ1) is 11.5. The highest BCUT2D eigenvalue weighted by Gasteiger charge is 2.33. The van der Waals surface area contributed by atoms with Gasteiger partial charge in [0.25, 0.3) is 5.69 Å². The summed E-state index contributed by atoms with van der Waals surface area (Å²) >= 11 is 0. The highest BCUT2D eigenvalue weighted by atomic mass is 16.6. The molecule has 0 saturated carbocycles. The number of methoxy groups -OCH3 is 1. The summed E-state index contributed by atoms with van der Waals surface area (Å²) in [5, 5.41) is 26.0. The third-order valence-electron chi connectivity index (χ3n) is 3.93. The van der Waals surface area contributed by atoms with E-state index in [9.17, 15) is 20.0 Å². The molecule has 1 heterocycles. The zero-order chi connectivity index (χ0) is 17.6. The van der Waals surface area contributed by atoms with E-state index in [1.165, 1.54) is 25.3 Å². The molecule has 0 aromatic heterocycles. The molecule has 1 aromatic rings. The number of aliphatic hydroxyl groups is 1. The van der Waals surface area contributed by atoms with Gasteiger partial charge in [0.05, 0.1) is 36.5 Å². The summed E-state index contributed by atoms with van der Waals surface area (Å²) in [7, 11) is 1.42. The van der Waals surface area contributed by atoms with E-state index in [2.05, 4.69) is 10.6 Å². The quantitative estimate of drug-likeness (QED) is 0.470. The zero-order valence-electron chi connectivity index (χ0n) is 13.4. The maximum atomic E-state index is 12.1. The Hall–Kier alpha value is -2.23. The average Bonchev–Trinajstić information content (AvgIpc) is 3.04. The molecule has 0 aliphatic carbocycles. The van der Waals surface area contributed by atoms with Gasteiger partial charge in [0.2, 0.25) is 5.91 Å². The van der Waals surface area contributed by atoms with Crippen molar-refractivity contribution >= 4 is 17.3 Å². The molecule has 24 heavy (non-hydrogen) atoms. The summed E-state index contributed by atoms with van der Waals surface area (Å²) in [6, 6.07) is 3.99. The Morgan fingerprint density at radius 1 is 1.54 bits per heavy atom. The molecule has 1 aliphatic rings. The molecule has 1 unspecified atom stereocenters. The number of nitro groups is 1. The van der Waals surface area contributed by atoms with Crippen molar-refractivity contribution in [2.45, 2.75) is 18.4 Å². The molecular weight excluding hydrogens is 318 g/mol. The number of nitro benzene ring substituents is 1. The summed E-state index contributed by atoms with van der Waals surface area (Å²) in [5.41, 5.74) is -0.381. The molecule has 0 spiro atoms. The maximum Gasteiger partial charge on any atom is 0.271 e. The van der Waals surface area contributed by atoms with Crippen LogP contribution in [-0.4, -0.2) is 55.0 Å². The number of benzene rings is 1. The van der Waals surface area contributed by atoms with E-state index < -0.39 is 10.5 Å². The molecule has 9 nitrogen and oxygen atoms in total. The molecule has 0 radical (unpaired) electrons. The third kappa shape index (κ3) is 4.40. The Bertz CT molecular complexity index is 601. The number of non-ortho nitro benzene ring substituents is 1. The summed E-state index contributed by atoms with van der Waals surface area (Å²) in [6.07, 6.45) is 0.831. The summed E-state index contributed by atoms with van der Waals surface area (Å²) in [6.45, 7) is 1.27. The third-order valence-corrected chi connectivity index (χ3v) is 3.93. The number of nitrogens with one attached hydrogen (secondary N) is 2. The van der Waals surface area contributed by atoms with Crippen LogP contribution in [0.4, 0.5) is 11.4 Å². The SMILES string of the molecule is COc1ccc([N+](=O)[O-])cc1NC(=O)CCNC1(CO)CCOC1. The molecule has 3 N–H and O–H groups in total. The number of hydrogen-bond donors (Lipinski definition) is 3. The lowest BCUT2D eigenvalue weighted by Crippen LogP contribution is -2.49. The summed E-state index contributed by atoms with van der Waals surface area (Å²) < 4.78 is 10.4. The van der Waals surface area contributed by atoms with E-state index in [1.54, 1.807) is 0 Å². The van der Waals surface area contributed by atoms with Crippen molar-refractivity contribution in [2.75, 3.05) is 38.8 Å².